The van der Waals surface area contributed by atoms with Crippen molar-refractivity contribution in [3.05, 3.63) is 64.7 Å². The summed E-state index contributed by atoms with van der Waals surface area (Å²) in [4.78, 5) is 29.3. The zero-order chi connectivity index (χ0) is 20.6. The predicted molar refractivity (Wildman–Crippen MR) is 115 cm³/mol. The van der Waals surface area contributed by atoms with Crippen molar-refractivity contribution < 1.29 is 9.59 Å². The first-order chi connectivity index (χ1) is 13.9. The summed E-state index contributed by atoms with van der Waals surface area (Å²) in [6.45, 7) is 2.33. The molecule has 0 radical (unpaired) electrons. The molecule has 2 unspecified atom stereocenters. The maximum absolute atomic E-state index is 13.7. The van der Waals surface area contributed by atoms with Crippen molar-refractivity contribution in [2.24, 2.45) is 0 Å². The van der Waals surface area contributed by atoms with Gasteiger partial charge in [-0.15, -0.1) is 11.8 Å². The Morgan fingerprint density at radius 1 is 1.34 bits per heavy atom. The van der Waals surface area contributed by atoms with Crippen LogP contribution in [0.4, 0.5) is 5.69 Å². The molecule has 2 aliphatic rings. The lowest BCUT2D eigenvalue weighted by molar-refractivity contribution is -0.136. The average molecular weight is 426 g/mol. The molecular weight excluding hydrogens is 406 g/mol. The fraction of sp³-hybridized carbons (Fsp3) is 0.318. The number of hydrogen-bond acceptors (Lipinski definition) is 4. The highest BCUT2D eigenvalue weighted by Gasteiger charge is 2.53. The summed E-state index contributed by atoms with van der Waals surface area (Å²) in [5.74, 6) is 0.385. The standard InChI is InChI=1S/C22H20ClN3O2S/c1-22-10-9-20(27)26(22)19(14-29-22)21(28)25(13-15-5-3-2-4-6-15)18-11-17(23)8-7-16(18)12-24/h2-8,11,19H,9-10,13-14H2,1H3. The van der Waals surface area contributed by atoms with E-state index in [1.54, 1.807) is 39.8 Å². The summed E-state index contributed by atoms with van der Waals surface area (Å²) >= 11 is 7.86. The Hall–Kier alpha value is -2.49. The van der Waals surface area contributed by atoms with Gasteiger partial charge in [0.25, 0.3) is 5.91 Å². The molecule has 0 N–H and O–H groups in total. The highest BCUT2D eigenvalue weighted by Crippen LogP contribution is 2.48. The molecular formula is C22H20ClN3O2S. The zero-order valence-electron chi connectivity index (χ0n) is 16.0. The first kappa shape index (κ1) is 19.8. The average Bonchev–Trinajstić information content (AvgIpc) is 3.22. The molecule has 2 heterocycles. The summed E-state index contributed by atoms with van der Waals surface area (Å²) in [6.07, 6.45) is 1.21. The number of nitrogens with zero attached hydrogens (tertiary/aromatic N) is 3. The van der Waals surface area contributed by atoms with Crippen molar-refractivity contribution in [3.63, 3.8) is 0 Å². The zero-order valence-corrected chi connectivity index (χ0v) is 17.5. The minimum atomic E-state index is -0.547. The fourth-order valence-corrected chi connectivity index (χ4v) is 5.64. The molecule has 0 bridgehead atoms. The normalized spacial score (nSPS) is 23.0. The second kappa shape index (κ2) is 7.74. The molecule has 5 nitrogen and oxygen atoms in total. The monoisotopic (exact) mass is 425 g/mol. The van der Waals surface area contributed by atoms with Crippen LogP contribution in [-0.2, 0) is 16.1 Å². The fourth-order valence-electron chi connectivity index (χ4n) is 4.05. The van der Waals surface area contributed by atoms with E-state index in [-0.39, 0.29) is 16.7 Å². The first-order valence-corrected chi connectivity index (χ1v) is 10.8. The molecule has 0 aromatic heterocycles. The Bertz CT molecular complexity index is 1010. The van der Waals surface area contributed by atoms with Gasteiger partial charge in [-0.2, -0.15) is 5.26 Å². The van der Waals surface area contributed by atoms with Gasteiger partial charge in [0.05, 0.1) is 22.7 Å². The van der Waals surface area contributed by atoms with Crippen LogP contribution in [0.1, 0.15) is 30.9 Å². The van der Waals surface area contributed by atoms with E-state index in [9.17, 15) is 14.9 Å². The van der Waals surface area contributed by atoms with Gasteiger partial charge in [-0.3, -0.25) is 9.59 Å². The maximum atomic E-state index is 13.7. The van der Waals surface area contributed by atoms with E-state index in [0.29, 0.717) is 35.0 Å². The molecule has 29 heavy (non-hydrogen) atoms. The molecule has 7 heteroatoms. The molecule has 0 aliphatic carbocycles. The molecule has 2 fully saturated rings. The lowest BCUT2D eigenvalue weighted by atomic mass is 10.1. The molecule has 2 aromatic rings. The van der Waals surface area contributed by atoms with Crippen molar-refractivity contribution in [2.75, 3.05) is 10.7 Å². The van der Waals surface area contributed by atoms with Gasteiger partial charge in [0, 0.05) is 17.2 Å². The largest absolute Gasteiger partial charge is 0.315 e. The Labute approximate surface area is 179 Å². The van der Waals surface area contributed by atoms with Gasteiger partial charge < -0.3 is 9.80 Å². The van der Waals surface area contributed by atoms with Crippen LogP contribution in [0.2, 0.25) is 5.02 Å². The van der Waals surface area contributed by atoms with Gasteiger partial charge in [-0.1, -0.05) is 41.9 Å². The topological polar surface area (TPSA) is 64.4 Å². The Morgan fingerprint density at radius 2 is 2.10 bits per heavy atom. The van der Waals surface area contributed by atoms with E-state index in [2.05, 4.69) is 6.07 Å². The van der Waals surface area contributed by atoms with E-state index >= 15 is 0 Å². The quantitative estimate of drug-likeness (QED) is 0.736. The molecule has 0 spiro atoms. The highest BCUT2D eigenvalue weighted by molar-refractivity contribution is 8.01. The van der Waals surface area contributed by atoms with Crippen LogP contribution in [0.3, 0.4) is 0 Å². The molecule has 2 amide bonds. The number of benzene rings is 2. The van der Waals surface area contributed by atoms with Crippen LogP contribution in [-0.4, -0.2) is 33.4 Å². The molecule has 148 valence electrons. The van der Waals surface area contributed by atoms with E-state index in [1.807, 2.05) is 37.3 Å². The van der Waals surface area contributed by atoms with E-state index in [1.165, 1.54) is 0 Å². The second-order valence-corrected chi connectivity index (χ2v) is 9.39. The number of rotatable bonds is 4. The summed E-state index contributed by atoms with van der Waals surface area (Å²) in [6, 6.07) is 16.1. The van der Waals surface area contributed by atoms with Crippen molar-refractivity contribution in [1.29, 1.82) is 5.26 Å². The number of amides is 2. The smallest absolute Gasteiger partial charge is 0.251 e. The number of hydrogen-bond donors (Lipinski definition) is 0. The van der Waals surface area contributed by atoms with Crippen molar-refractivity contribution >= 4 is 40.9 Å². The van der Waals surface area contributed by atoms with Gasteiger partial charge in [0.1, 0.15) is 12.1 Å². The maximum Gasteiger partial charge on any atom is 0.251 e. The van der Waals surface area contributed by atoms with Crippen LogP contribution in [0.15, 0.2) is 48.5 Å². The Balaban J connectivity index is 1.75. The number of anilines is 1. The van der Waals surface area contributed by atoms with Crippen molar-refractivity contribution in [1.82, 2.24) is 4.90 Å². The van der Waals surface area contributed by atoms with Crippen molar-refractivity contribution in [2.45, 2.75) is 37.2 Å². The molecule has 4 rings (SSSR count). The summed E-state index contributed by atoms with van der Waals surface area (Å²) in [5.41, 5.74) is 1.78. The Kier molecular flexibility index (Phi) is 5.28. The Morgan fingerprint density at radius 3 is 2.83 bits per heavy atom. The van der Waals surface area contributed by atoms with Gasteiger partial charge in [-0.05, 0) is 37.1 Å². The van der Waals surface area contributed by atoms with Crippen LogP contribution in [0.5, 0.6) is 0 Å². The van der Waals surface area contributed by atoms with Gasteiger partial charge >= 0.3 is 0 Å². The van der Waals surface area contributed by atoms with E-state index in [0.717, 1.165) is 12.0 Å². The predicted octanol–water partition coefficient (Wildman–Crippen LogP) is 4.20. The lowest BCUT2D eigenvalue weighted by Crippen LogP contribution is -2.51. The third-order valence-electron chi connectivity index (χ3n) is 5.55. The molecule has 2 atom stereocenters. The summed E-state index contributed by atoms with van der Waals surface area (Å²) in [7, 11) is 0. The van der Waals surface area contributed by atoms with E-state index < -0.39 is 6.04 Å². The number of thioether (sulfide) groups is 1. The summed E-state index contributed by atoms with van der Waals surface area (Å²) < 4.78 is 0. The second-order valence-electron chi connectivity index (χ2n) is 7.45. The van der Waals surface area contributed by atoms with Crippen LogP contribution >= 0.6 is 23.4 Å². The first-order valence-electron chi connectivity index (χ1n) is 9.44. The molecule has 2 aromatic carbocycles. The SMILES string of the molecule is CC12CCC(=O)N1C(C(=O)N(Cc1ccccc1)c1cc(Cl)ccc1C#N)CS2. The van der Waals surface area contributed by atoms with Gasteiger partial charge in [0.2, 0.25) is 5.91 Å². The van der Waals surface area contributed by atoms with Crippen molar-refractivity contribution in [3.8, 4) is 6.07 Å². The number of carbonyl (C=O) groups excluding carboxylic acids is 2. The lowest BCUT2D eigenvalue weighted by Gasteiger charge is -2.33. The minimum absolute atomic E-state index is 0.0158. The van der Waals surface area contributed by atoms with Crippen LogP contribution in [0, 0.1) is 11.3 Å². The highest BCUT2D eigenvalue weighted by atomic mass is 35.5. The number of carbonyl (C=O) groups is 2. The van der Waals surface area contributed by atoms with Crippen LogP contribution in [0.25, 0.3) is 0 Å². The minimum Gasteiger partial charge on any atom is -0.315 e. The van der Waals surface area contributed by atoms with Gasteiger partial charge in [-0.25, -0.2) is 0 Å². The molecule has 2 aliphatic heterocycles. The third kappa shape index (κ3) is 3.61. The number of halogens is 1. The molecule has 2 saturated heterocycles. The third-order valence-corrected chi connectivity index (χ3v) is 7.29. The summed E-state index contributed by atoms with van der Waals surface area (Å²) in [5, 5.41) is 10.1. The number of fused-ring (bicyclic) bond motifs is 1. The number of nitriles is 1. The van der Waals surface area contributed by atoms with E-state index in [4.69, 9.17) is 11.6 Å². The van der Waals surface area contributed by atoms with Gasteiger partial charge in [0.15, 0.2) is 0 Å². The molecule has 0 saturated carbocycles. The van der Waals surface area contributed by atoms with Crippen LogP contribution < -0.4 is 4.90 Å².